The highest BCUT2D eigenvalue weighted by molar-refractivity contribution is 8.01. The molecule has 136 valence electrons. The van der Waals surface area contributed by atoms with Gasteiger partial charge in [0.15, 0.2) is 0 Å². The van der Waals surface area contributed by atoms with Crippen LogP contribution in [0.5, 0.6) is 0 Å². The monoisotopic (exact) mass is 400 g/mol. The van der Waals surface area contributed by atoms with E-state index in [0.29, 0.717) is 15.6 Å². The smallest absolute Gasteiger partial charge is 0.326 e. The number of carbonyl (C=O) groups excluding carboxylic acids is 2. The third kappa shape index (κ3) is 4.31. The summed E-state index contributed by atoms with van der Waals surface area (Å²) >= 11 is 6.90. The zero-order valence-corrected chi connectivity index (χ0v) is 14.6. The molecule has 0 spiro atoms. The van der Waals surface area contributed by atoms with E-state index in [-0.39, 0.29) is 12.1 Å². The van der Waals surface area contributed by atoms with Crippen LogP contribution in [0.15, 0.2) is 47.4 Å². The largest absolute Gasteiger partial charge is 0.416 e. The molecule has 0 bridgehead atoms. The molecule has 0 aromatic heterocycles. The van der Waals surface area contributed by atoms with E-state index < -0.39 is 28.8 Å². The van der Waals surface area contributed by atoms with Gasteiger partial charge in [-0.05, 0) is 36.4 Å². The molecule has 4 nitrogen and oxygen atoms in total. The van der Waals surface area contributed by atoms with Crippen LogP contribution in [0.2, 0.25) is 5.02 Å². The number of thioether (sulfide) groups is 1. The number of nitrogens with one attached hydrogen (secondary N) is 2. The summed E-state index contributed by atoms with van der Waals surface area (Å²) < 4.78 is 38.3. The molecule has 1 aliphatic rings. The molecule has 0 aliphatic carbocycles. The van der Waals surface area contributed by atoms with Gasteiger partial charge in [-0.15, -0.1) is 11.8 Å². The molecule has 0 saturated heterocycles. The van der Waals surface area contributed by atoms with Gasteiger partial charge >= 0.3 is 6.18 Å². The molecule has 9 heteroatoms. The molecular weight excluding hydrogens is 389 g/mol. The number of halogens is 4. The van der Waals surface area contributed by atoms with Gasteiger partial charge in [0, 0.05) is 22.0 Å². The normalized spacial score (nSPS) is 16.6. The molecule has 3 rings (SSSR count). The standard InChI is InChI=1S/C17H12ClF3N2O2S/c18-10-2-1-3-11(7-10)22-15(24)8-14-16(25)23-12-6-9(17(19,20)21)4-5-13(12)26-14/h1-7,14H,8H2,(H,22,24)(H,23,25). The Morgan fingerprint density at radius 1 is 1.23 bits per heavy atom. The van der Waals surface area contributed by atoms with Crippen LogP contribution in [0, 0.1) is 0 Å². The first kappa shape index (κ1) is 18.6. The number of hydrogen-bond acceptors (Lipinski definition) is 3. The predicted molar refractivity (Wildman–Crippen MR) is 94.4 cm³/mol. The first-order valence-electron chi connectivity index (χ1n) is 7.46. The van der Waals surface area contributed by atoms with Gasteiger partial charge in [-0.1, -0.05) is 17.7 Å². The fraction of sp³-hybridized carbons (Fsp3) is 0.176. The minimum absolute atomic E-state index is 0.0984. The van der Waals surface area contributed by atoms with Crippen molar-refractivity contribution in [1.82, 2.24) is 0 Å². The summed E-state index contributed by atoms with van der Waals surface area (Å²) in [4.78, 5) is 24.8. The predicted octanol–water partition coefficient (Wildman–Crippen LogP) is 4.80. The van der Waals surface area contributed by atoms with Crippen LogP contribution < -0.4 is 10.6 Å². The van der Waals surface area contributed by atoms with Gasteiger partial charge in [0.25, 0.3) is 0 Å². The van der Waals surface area contributed by atoms with Crippen molar-refractivity contribution in [2.75, 3.05) is 10.6 Å². The number of benzene rings is 2. The first-order chi connectivity index (χ1) is 12.2. The van der Waals surface area contributed by atoms with Gasteiger partial charge in [-0.25, -0.2) is 0 Å². The highest BCUT2D eigenvalue weighted by Crippen LogP contribution is 2.40. The first-order valence-corrected chi connectivity index (χ1v) is 8.72. The van der Waals surface area contributed by atoms with Crippen molar-refractivity contribution in [3.05, 3.63) is 53.1 Å². The van der Waals surface area contributed by atoms with Crippen LogP contribution in [-0.2, 0) is 15.8 Å². The van der Waals surface area contributed by atoms with Gasteiger partial charge < -0.3 is 10.6 Å². The Labute approximate surface area is 156 Å². The van der Waals surface area contributed by atoms with Crippen molar-refractivity contribution in [2.24, 2.45) is 0 Å². The highest BCUT2D eigenvalue weighted by atomic mass is 35.5. The van der Waals surface area contributed by atoms with Crippen molar-refractivity contribution in [1.29, 1.82) is 0 Å². The van der Waals surface area contributed by atoms with Gasteiger partial charge in [-0.3, -0.25) is 9.59 Å². The zero-order chi connectivity index (χ0) is 18.9. The number of rotatable bonds is 3. The SMILES string of the molecule is O=C(CC1Sc2ccc(C(F)(F)F)cc2NC1=O)Nc1cccc(Cl)c1. The van der Waals surface area contributed by atoms with E-state index >= 15 is 0 Å². The minimum atomic E-state index is -4.49. The third-order valence-corrected chi connectivity index (χ3v) is 5.12. The number of fused-ring (bicyclic) bond motifs is 1. The van der Waals surface area contributed by atoms with Gasteiger partial charge in [-0.2, -0.15) is 13.2 Å². The van der Waals surface area contributed by atoms with Crippen LogP contribution in [0.4, 0.5) is 24.5 Å². The molecular formula is C17H12ClF3N2O2S. The van der Waals surface area contributed by atoms with Crippen LogP contribution >= 0.6 is 23.4 Å². The fourth-order valence-corrected chi connectivity index (χ4v) is 3.69. The van der Waals surface area contributed by atoms with E-state index in [1.165, 1.54) is 6.07 Å². The lowest BCUT2D eigenvalue weighted by atomic mass is 10.1. The minimum Gasteiger partial charge on any atom is -0.326 e. The summed E-state index contributed by atoms with van der Waals surface area (Å²) in [6.45, 7) is 0. The summed E-state index contributed by atoms with van der Waals surface area (Å²) in [5.74, 6) is -0.904. The Balaban J connectivity index is 1.69. The fourth-order valence-electron chi connectivity index (χ4n) is 2.41. The Morgan fingerprint density at radius 2 is 2.00 bits per heavy atom. The lowest BCUT2D eigenvalue weighted by Crippen LogP contribution is -2.32. The third-order valence-electron chi connectivity index (χ3n) is 3.61. The maximum atomic E-state index is 12.8. The van der Waals surface area contributed by atoms with Crippen molar-refractivity contribution < 1.29 is 22.8 Å². The van der Waals surface area contributed by atoms with E-state index in [4.69, 9.17) is 11.6 Å². The number of alkyl halides is 3. The van der Waals surface area contributed by atoms with Gasteiger partial charge in [0.05, 0.1) is 16.5 Å². The van der Waals surface area contributed by atoms with Crippen LogP contribution in [0.25, 0.3) is 0 Å². The van der Waals surface area contributed by atoms with E-state index in [1.807, 2.05) is 0 Å². The average Bonchev–Trinajstić information content (AvgIpc) is 2.54. The van der Waals surface area contributed by atoms with Crippen molar-refractivity contribution in [3.63, 3.8) is 0 Å². The maximum Gasteiger partial charge on any atom is 0.416 e. The van der Waals surface area contributed by atoms with E-state index in [0.717, 1.165) is 23.9 Å². The second kappa shape index (κ2) is 7.20. The molecule has 0 saturated carbocycles. The summed E-state index contributed by atoms with van der Waals surface area (Å²) in [5.41, 5.74) is -0.241. The van der Waals surface area contributed by atoms with Gasteiger partial charge in [0.1, 0.15) is 0 Å². The summed E-state index contributed by atoms with van der Waals surface area (Å²) in [6, 6.07) is 9.70. The summed E-state index contributed by atoms with van der Waals surface area (Å²) in [5, 5.41) is 4.80. The second-order valence-corrected chi connectivity index (χ2v) is 7.25. The van der Waals surface area contributed by atoms with Crippen molar-refractivity contribution in [3.8, 4) is 0 Å². The summed E-state index contributed by atoms with van der Waals surface area (Å²) in [6.07, 6.45) is -4.61. The molecule has 1 heterocycles. The number of carbonyl (C=O) groups is 2. The molecule has 2 aromatic carbocycles. The summed E-state index contributed by atoms with van der Waals surface area (Å²) in [7, 11) is 0. The van der Waals surface area contributed by atoms with Crippen LogP contribution in [0.1, 0.15) is 12.0 Å². The van der Waals surface area contributed by atoms with E-state index in [1.54, 1.807) is 24.3 Å². The lowest BCUT2D eigenvalue weighted by molar-refractivity contribution is -0.137. The highest BCUT2D eigenvalue weighted by Gasteiger charge is 2.34. The molecule has 2 N–H and O–H groups in total. The Hall–Kier alpha value is -2.19. The lowest BCUT2D eigenvalue weighted by Gasteiger charge is -2.24. The molecule has 1 aliphatic heterocycles. The van der Waals surface area contributed by atoms with Crippen molar-refractivity contribution >= 4 is 46.6 Å². The Bertz CT molecular complexity index is 873. The topological polar surface area (TPSA) is 58.2 Å². The molecule has 2 aromatic rings. The molecule has 1 unspecified atom stereocenters. The van der Waals surface area contributed by atoms with Crippen LogP contribution in [-0.4, -0.2) is 17.1 Å². The molecule has 2 amide bonds. The average molecular weight is 401 g/mol. The van der Waals surface area contributed by atoms with E-state index in [2.05, 4.69) is 10.6 Å². The Kier molecular flexibility index (Phi) is 5.15. The molecule has 0 fully saturated rings. The van der Waals surface area contributed by atoms with E-state index in [9.17, 15) is 22.8 Å². The molecule has 0 radical (unpaired) electrons. The van der Waals surface area contributed by atoms with Gasteiger partial charge in [0.2, 0.25) is 11.8 Å². The number of hydrogen-bond donors (Lipinski definition) is 2. The zero-order valence-electron chi connectivity index (χ0n) is 13.1. The van der Waals surface area contributed by atoms with Crippen molar-refractivity contribution in [2.45, 2.75) is 22.7 Å². The Morgan fingerprint density at radius 3 is 2.69 bits per heavy atom. The molecule has 1 atom stereocenters. The number of anilines is 2. The quantitative estimate of drug-likeness (QED) is 0.778. The number of amides is 2. The van der Waals surface area contributed by atoms with Crippen LogP contribution in [0.3, 0.4) is 0 Å². The maximum absolute atomic E-state index is 12.8. The molecule has 26 heavy (non-hydrogen) atoms. The second-order valence-electron chi connectivity index (χ2n) is 5.57.